The first-order chi connectivity index (χ1) is 15.2. The zero-order chi connectivity index (χ0) is 23.4. The Labute approximate surface area is 185 Å². The summed E-state index contributed by atoms with van der Waals surface area (Å²) in [6.45, 7) is 0.932. The average Bonchev–Trinajstić information content (AvgIpc) is 3.06. The van der Waals surface area contributed by atoms with E-state index in [9.17, 15) is 30.6 Å². The summed E-state index contributed by atoms with van der Waals surface area (Å²) in [7, 11) is 0. The molecule has 2 aliphatic heterocycles. The fourth-order valence-electron chi connectivity index (χ4n) is 3.69. The molecule has 2 fully saturated rings. The zero-order valence-electron chi connectivity index (χ0n) is 17.7. The van der Waals surface area contributed by atoms with E-state index in [0.29, 0.717) is 12.8 Å². The Hall–Kier alpha value is -1.38. The number of rotatable bonds is 9. The van der Waals surface area contributed by atoms with Crippen molar-refractivity contribution in [3.63, 3.8) is 0 Å². The Morgan fingerprint density at radius 3 is 2.06 bits per heavy atom. The highest BCUT2D eigenvalue weighted by Crippen LogP contribution is 2.27. The molecular weight excluding hydrogens is 428 g/mol. The lowest BCUT2D eigenvalue weighted by Gasteiger charge is -2.41. The summed E-state index contributed by atoms with van der Waals surface area (Å²) in [5.74, 6) is 0.175. The first-order valence-corrected chi connectivity index (χ1v) is 10.6. The summed E-state index contributed by atoms with van der Waals surface area (Å²) in [5.41, 5.74) is 0.989. The Morgan fingerprint density at radius 2 is 1.44 bits per heavy atom. The van der Waals surface area contributed by atoms with Gasteiger partial charge < -0.3 is 54.7 Å². The van der Waals surface area contributed by atoms with Gasteiger partial charge in [-0.2, -0.15) is 0 Å². The first kappa shape index (κ1) is 25.2. The van der Waals surface area contributed by atoms with E-state index in [-0.39, 0.29) is 18.5 Å². The molecule has 0 unspecified atom stereocenters. The van der Waals surface area contributed by atoms with Crippen molar-refractivity contribution >= 4 is 0 Å². The van der Waals surface area contributed by atoms with Crippen molar-refractivity contribution in [1.29, 1.82) is 0 Å². The number of ether oxygens (including phenoxy) is 4. The maximum Gasteiger partial charge on any atom is 0.186 e. The Kier molecular flexibility index (Phi) is 8.81. The lowest BCUT2D eigenvalue weighted by Crippen LogP contribution is -2.60. The second kappa shape index (κ2) is 11.2. The molecule has 1 aromatic rings. The highest BCUT2D eigenvalue weighted by Gasteiger charge is 2.47. The monoisotopic (exact) mass is 460 g/mol. The fraction of sp³-hybridized carbons (Fsp3) is 0.714. The molecule has 3 rings (SSSR count). The average molecular weight is 460 g/mol. The highest BCUT2D eigenvalue weighted by atomic mass is 16.7. The number of aromatic hydroxyl groups is 1. The van der Waals surface area contributed by atoms with Crippen molar-refractivity contribution in [2.24, 2.45) is 0 Å². The van der Waals surface area contributed by atoms with Crippen LogP contribution in [0, 0.1) is 0 Å². The number of phenols is 1. The molecule has 2 aliphatic rings. The van der Waals surface area contributed by atoms with Gasteiger partial charge in [-0.1, -0.05) is 12.1 Å². The molecule has 2 saturated heterocycles. The van der Waals surface area contributed by atoms with E-state index in [1.54, 1.807) is 31.2 Å². The van der Waals surface area contributed by atoms with Crippen molar-refractivity contribution in [3.8, 4) is 5.75 Å². The largest absolute Gasteiger partial charge is 0.508 e. The minimum Gasteiger partial charge on any atom is -0.508 e. The molecule has 32 heavy (non-hydrogen) atoms. The van der Waals surface area contributed by atoms with E-state index < -0.39 is 61.9 Å². The van der Waals surface area contributed by atoms with Crippen LogP contribution in [0.25, 0.3) is 0 Å². The lowest BCUT2D eigenvalue weighted by atomic mass is 9.99. The van der Waals surface area contributed by atoms with Gasteiger partial charge in [-0.3, -0.25) is 0 Å². The number of aryl methyl sites for hydroxylation is 1. The number of phenolic OH excluding ortho intramolecular Hbond substituents is 1. The molecule has 2 heterocycles. The van der Waals surface area contributed by atoms with Gasteiger partial charge in [0, 0.05) is 0 Å². The molecular formula is C21H32O11. The second-order valence-electron chi connectivity index (χ2n) is 8.21. The molecule has 0 aromatic heterocycles. The molecule has 11 nitrogen and oxygen atoms in total. The summed E-state index contributed by atoms with van der Waals surface area (Å²) in [6, 6.07) is 6.76. The van der Waals surface area contributed by atoms with E-state index in [1.165, 1.54) is 0 Å². The molecule has 0 aliphatic carbocycles. The van der Waals surface area contributed by atoms with Crippen LogP contribution in [0.2, 0.25) is 0 Å². The van der Waals surface area contributed by atoms with Crippen LogP contribution in [0.15, 0.2) is 24.3 Å². The molecule has 10 atom stereocenters. The van der Waals surface area contributed by atoms with Gasteiger partial charge in [0.25, 0.3) is 0 Å². The molecule has 0 saturated carbocycles. The molecule has 0 bridgehead atoms. The van der Waals surface area contributed by atoms with Crippen LogP contribution >= 0.6 is 0 Å². The number of aliphatic hydroxyl groups is 6. The van der Waals surface area contributed by atoms with Crippen molar-refractivity contribution < 1.29 is 54.7 Å². The number of hydrogen-bond donors (Lipinski definition) is 7. The predicted octanol–water partition coefficient (Wildman–Crippen LogP) is -2.01. The topological polar surface area (TPSA) is 179 Å². The van der Waals surface area contributed by atoms with E-state index in [4.69, 9.17) is 24.1 Å². The van der Waals surface area contributed by atoms with E-state index in [2.05, 4.69) is 0 Å². The fourth-order valence-corrected chi connectivity index (χ4v) is 3.69. The Morgan fingerprint density at radius 1 is 0.844 bits per heavy atom. The molecule has 182 valence electrons. The van der Waals surface area contributed by atoms with Gasteiger partial charge in [0.15, 0.2) is 12.6 Å². The third-order valence-corrected chi connectivity index (χ3v) is 5.73. The first-order valence-electron chi connectivity index (χ1n) is 10.6. The maximum atomic E-state index is 10.3. The molecule has 11 heteroatoms. The van der Waals surface area contributed by atoms with Crippen LogP contribution in [0.5, 0.6) is 5.75 Å². The van der Waals surface area contributed by atoms with Crippen LogP contribution in [-0.4, -0.2) is 110 Å². The summed E-state index contributed by atoms with van der Waals surface area (Å²) < 4.78 is 21.9. The third-order valence-electron chi connectivity index (χ3n) is 5.73. The quantitative estimate of drug-likeness (QED) is 0.217. The number of aliphatic hydroxyl groups excluding tert-OH is 6. The maximum absolute atomic E-state index is 10.3. The standard InChI is InChI=1S/C21H32O11/c1-10(2-3-11-4-6-12(23)7-5-11)30-21-19(28)17(26)16(25)14(32-21)9-29-20-18(27)15(24)13(8-22)31-20/h4-7,10,13-28H,2-3,8-9H2,1H3/t10-,13+,14-,15+,16-,17+,18-,19-,20+,21+/m1/s1. The molecule has 0 radical (unpaired) electrons. The summed E-state index contributed by atoms with van der Waals surface area (Å²) in [5, 5.41) is 68.9. The van der Waals surface area contributed by atoms with Gasteiger partial charge in [-0.05, 0) is 37.5 Å². The summed E-state index contributed by atoms with van der Waals surface area (Å²) in [6.07, 6.45) is -11.0. The van der Waals surface area contributed by atoms with Crippen LogP contribution in [-0.2, 0) is 25.4 Å². The molecule has 1 aromatic carbocycles. The van der Waals surface area contributed by atoms with Crippen molar-refractivity contribution in [2.45, 2.75) is 81.2 Å². The van der Waals surface area contributed by atoms with Crippen molar-refractivity contribution in [1.82, 2.24) is 0 Å². The summed E-state index contributed by atoms with van der Waals surface area (Å²) >= 11 is 0. The third kappa shape index (κ3) is 5.94. The minimum absolute atomic E-state index is 0.175. The van der Waals surface area contributed by atoms with Gasteiger partial charge in [0.05, 0.1) is 19.3 Å². The highest BCUT2D eigenvalue weighted by molar-refractivity contribution is 5.25. The van der Waals surface area contributed by atoms with Gasteiger partial charge >= 0.3 is 0 Å². The Bertz CT molecular complexity index is 701. The number of benzene rings is 1. The van der Waals surface area contributed by atoms with E-state index in [0.717, 1.165) is 5.56 Å². The van der Waals surface area contributed by atoms with Crippen molar-refractivity contribution in [2.75, 3.05) is 13.2 Å². The lowest BCUT2D eigenvalue weighted by molar-refractivity contribution is -0.318. The normalized spacial score (nSPS) is 38.7. The second-order valence-corrected chi connectivity index (χ2v) is 8.21. The van der Waals surface area contributed by atoms with Gasteiger partial charge in [-0.25, -0.2) is 0 Å². The minimum atomic E-state index is -1.56. The predicted molar refractivity (Wildman–Crippen MR) is 107 cm³/mol. The summed E-state index contributed by atoms with van der Waals surface area (Å²) in [4.78, 5) is 0. The van der Waals surface area contributed by atoms with E-state index in [1.807, 2.05) is 0 Å². The molecule has 0 spiro atoms. The van der Waals surface area contributed by atoms with Crippen LogP contribution in [0.3, 0.4) is 0 Å². The molecule has 7 N–H and O–H groups in total. The van der Waals surface area contributed by atoms with Gasteiger partial charge in [-0.15, -0.1) is 0 Å². The van der Waals surface area contributed by atoms with Crippen molar-refractivity contribution in [3.05, 3.63) is 29.8 Å². The van der Waals surface area contributed by atoms with Crippen LogP contribution in [0.1, 0.15) is 18.9 Å². The van der Waals surface area contributed by atoms with Crippen LogP contribution in [0.4, 0.5) is 0 Å². The number of hydrogen-bond acceptors (Lipinski definition) is 11. The zero-order valence-corrected chi connectivity index (χ0v) is 17.7. The van der Waals surface area contributed by atoms with E-state index >= 15 is 0 Å². The molecule has 0 amide bonds. The van der Waals surface area contributed by atoms with Crippen LogP contribution < -0.4 is 0 Å². The smallest absolute Gasteiger partial charge is 0.186 e. The Balaban J connectivity index is 1.52. The van der Waals surface area contributed by atoms with Gasteiger partial charge in [0.1, 0.15) is 48.5 Å². The van der Waals surface area contributed by atoms with Gasteiger partial charge in [0.2, 0.25) is 0 Å². The SMILES string of the molecule is C[C@H](CCc1ccc(O)cc1)O[C@H]1O[C@H](CO[C@H]2O[C@@H](CO)[C@H](O)[C@H]2O)[C@@H](O)[C@H](O)[C@H]1O.